The number of amides is 1. The van der Waals surface area contributed by atoms with Crippen LogP contribution in [0.25, 0.3) is 5.65 Å². The number of carbonyl (C=O) groups excluding carboxylic acids is 1. The summed E-state index contributed by atoms with van der Waals surface area (Å²) in [6.45, 7) is 8.15. The Morgan fingerprint density at radius 1 is 1.37 bits per heavy atom. The fraction of sp³-hybridized carbons (Fsp3) is 0.500. The second-order valence-corrected chi connectivity index (χ2v) is 5.87. The van der Waals surface area contributed by atoms with Crippen LogP contribution in [0.4, 0.5) is 5.69 Å². The summed E-state index contributed by atoms with van der Waals surface area (Å²) in [5, 5.41) is 11.2. The molecule has 2 rings (SSSR count). The van der Waals surface area contributed by atoms with Crippen LogP contribution in [0.15, 0.2) is 18.3 Å². The van der Waals surface area contributed by atoms with Gasteiger partial charge in [-0.15, -0.1) is 10.2 Å². The third kappa shape index (κ3) is 3.10. The molecule has 2 heterocycles. The molecule has 19 heavy (non-hydrogen) atoms. The molecule has 0 saturated carbocycles. The Kier molecular flexibility index (Phi) is 3.55. The fourth-order valence-electron chi connectivity index (χ4n) is 1.98. The van der Waals surface area contributed by atoms with E-state index in [4.69, 9.17) is 0 Å². The Morgan fingerprint density at radius 2 is 2.11 bits per heavy atom. The van der Waals surface area contributed by atoms with Crippen LogP contribution < -0.4 is 5.32 Å². The summed E-state index contributed by atoms with van der Waals surface area (Å²) in [4.78, 5) is 12.0. The van der Waals surface area contributed by atoms with Gasteiger partial charge in [0.25, 0.3) is 0 Å². The largest absolute Gasteiger partial charge is 0.323 e. The lowest BCUT2D eigenvalue weighted by Gasteiger charge is -2.17. The highest BCUT2D eigenvalue weighted by Crippen LogP contribution is 2.21. The molecular formula is C14H20N4O. The average Bonchev–Trinajstić information content (AvgIpc) is 2.70. The molecule has 0 aliphatic heterocycles. The van der Waals surface area contributed by atoms with Crippen molar-refractivity contribution in [1.29, 1.82) is 0 Å². The highest BCUT2D eigenvalue weighted by Gasteiger charge is 2.17. The Bertz CT molecular complexity index is 595. The number of anilines is 1. The molecule has 0 saturated heterocycles. The van der Waals surface area contributed by atoms with E-state index in [1.54, 1.807) is 0 Å². The molecule has 5 heteroatoms. The number of aromatic nitrogens is 3. The molecule has 0 aliphatic carbocycles. The van der Waals surface area contributed by atoms with E-state index in [1.165, 1.54) is 0 Å². The number of fused-ring (bicyclic) bond motifs is 1. The first-order chi connectivity index (χ1) is 8.90. The zero-order valence-electron chi connectivity index (χ0n) is 11.9. The van der Waals surface area contributed by atoms with E-state index in [1.807, 2.05) is 50.4 Å². The van der Waals surface area contributed by atoms with E-state index >= 15 is 0 Å². The highest BCUT2D eigenvalue weighted by atomic mass is 16.1. The number of nitrogens with zero attached hydrogens (tertiary/aromatic N) is 3. The Hall–Kier alpha value is -1.91. The smallest absolute Gasteiger partial charge is 0.224 e. The zero-order chi connectivity index (χ0) is 14.0. The van der Waals surface area contributed by atoms with Crippen molar-refractivity contribution in [3.63, 3.8) is 0 Å². The third-order valence-electron chi connectivity index (χ3n) is 2.79. The first-order valence-electron chi connectivity index (χ1n) is 6.53. The monoisotopic (exact) mass is 260 g/mol. The molecule has 1 amide bonds. The van der Waals surface area contributed by atoms with Crippen molar-refractivity contribution in [2.75, 3.05) is 5.32 Å². The third-order valence-corrected chi connectivity index (χ3v) is 2.79. The van der Waals surface area contributed by atoms with Crippen LogP contribution in [0.1, 0.15) is 39.9 Å². The number of rotatable bonds is 3. The predicted molar refractivity (Wildman–Crippen MR) is 75.1 cm³/mol. The van der Waals surface area contributed by atoms with Gasteiger partial charge in [-0.2, -0.15) is 0 Å². The molecule has 0 radical (unpaired) electrons. The van der Waals surface area contributed by atoms with Crippen LogP contribution in [0, 0.1) is 5.41 Å². The zero-order valence-corrected chi connectivity index (χ0v) is 11.9. The normalized spacial score (nSPS) is 11.8. The van der Waals surface area contributed by atoms with Gasteiger partial charge in [-0.05, 0) is 17.5 Å². The Balaban J connectivity index is 2.26. The van der Waals surface area contributed by atoms with Crippen molar-refractivity contribution in [3.05, 3.63) is 24.2 Å². The van der Waals surface area contributed by atoms with Crippen molar-refractivity contribution in [3.8, 4) is 0 Å². The van der Waals surface area contributed by atoms with Gasteiger partial charge < -0.3 is 5.32 Å². The molecule has 0 spiro atoms. The van der Waals surface area contributed by atoms with E-state index in [2.05, 4.69) is 15.5 Å². The van der Waals surface area contributed by atoms with Gasteiger partial charge in [0.15, 0.2) is 5.65 Å². The minimum atomic E-state index is -0.0304. The molecule has 0 aromatic carbocycles. The predicted octanol–water partition coefficient (Wildman–Crippen LogP) is 2.67. The summed E-state index contributed by atoms with van der Waals surface area (Å²) in [6.07, 6.45) is 3.19. The maximum Gasteiger partial charge on any atom is 0.224 e. The lowest BCUT2D eigenvalue weighted by atomic mass is 9.92. The number of pyridine rings is 1. The van der Waals surface area contributed by atoms with E-state index in [0.29, 0.717) is 17.8 Å². The van der Waals surface area contributed by atoms with Gasteiger partial charge in [-0.1, -0.05) is 27.7 Å². The maximum absolute atomic E-state index is 12.0. The van der Waals surface area contributed by atoms with Gasteiger partial charge >= 0.3 is 0 Å². The minimum absolute atomic E-state index is 0.00153. The molecular weight excluding hydrogens is 240 g/mol. The Morgan fingerprint density at radius 3 is 2.74 bits per heavy atom. The molecule has 0 bridgehead atoms. The van der Waals surface area contributed by atoms with Crippen molar-refractivity contribution >= 4 is 17.2 Å². The van der Waals surface area contributed by atoms with Crippen molar-refractivity contribution in [2.24, 2.45) is 5.41 Å². The summed E-state index contributed by atoms with van der Waals surface area (Å²) in [5.41, 5.74) is 1.38. The van der Waals surface area contributed by atoms with Crippen LogP contribution in [0.3, 0.4) is 0 Å². The number of nitrogens with one attached hydrogen (secondary N) is 1. The Labute approximate surface area is 113 Å². The second-order valence-electron chi connectivity index (χ2n) is 5.87. The highest BCUT2D eigenvalue weighted by molar-refractivity contribution is 5.94. The van der Waals surface area contributed by atoms with E-state index in [-0.39, 0.29) is 11.3 Å². The number of hydrogen-bond donors (Lipinski definition) is 1. The van der Waals surface area contributed by atoms with Gasteiger partial charge in [0.05, 0.1) is 5.69 Å². The SMILES string of the molecule is CCc1nnc2c(NC(=O)CC(C)(C)C)cccn12. The molecule has 0 fully saturated rings. The molecule has 2 aromatic heterocycles. The molecule has 0 unspecified atom stereocenters. The van der Waals surface area contributed by atoms with Crippen molar-refractivity contribution in [1.82, 2.24) is 14.6 Å². The molecule has 0 aliphatic rings. The summed E-state index contributed by atoms with van der Waals surface area (Å²) in [5.74, 6) is 0.892. The molecule has 2 aromatic rings. The van der Waals surface area contributed by atoms with Gasteiger partial charge in [-0.25, -0.2) is 0 Å². The summed E-state index contributed by atoms with van der Waals surface area (Å²) in [7, 11) is 0. The maximum atomic E-state index is 12.0. The minimum Gasteiger partial charge on any atom is -0.323 e. The number of carbonyl (C=O) groups is 1. The topological polar surface area (TPSA) is 59.3 Å². The summed E-state index contributed by atoms with van der Waals surface area (Å²) >= 11 is 0. The van der Waals surface area contributed by atoms with E-state index < -0.39 is 0 Å². The van der Waals surface area contributed by atoms with Crippen molar-refractivity contribution < 1.29 is 4.79 Å². The average molecular weight is 260 g/mol. The summed E-state index contributed by atoms with van der Waals surface area (Å²) < 4.78 is 1.91. The first kappa shape index (κ1) is 13.5. The van der Waals surface area contributed by atoms with E-state index in [0.717, 1.165) is 12.2 Å². The molecule has 5 nitrogen and oxygen atoms in total. The van der Waals surface area contributed by atoms with Crippen LogP contribution in [-0.2, 0) is 11.2 Å². The van der Waals surface area contributed by atoms with Crippen molar-refractivity contribution in [2.45, 2.75) is 40.5 Å². The van der Waals surface area contributed by atoms with E-state index in [9.17, 15) is 4.79 Å². The van der Waals surface area contributed by atoms with Crippen LogP contribution >= 0.6 is 0 Å². The standard InChI is InChI=1S/C14H20N4O/c1-5-11-16-17-13-10(7-6-8-18(11)13)15-12(19)9-14(2,3)4/h6-8H,5,9H2,1-4H3,(H,15,19). The van der Waals surface area contributed by atoms with Gasteiger partial charge in [0.2, 0.25) is 5.91 Å². The number of aryl methyl sites for hydroxylation is 1. The molecule has 1 N–H and O–H groups in total. The van der Waals surface area contributed by atoms with Gasteiger partial charge in [-0.3, -0.25) is 9.20 Å². The summed E-state index contributed by atoms with van der Waals surface area (Å²) in [6, 6.07) is 3.74. The number of hydrogen-bond acceptors (Lipinski definition) is 3. The molecule has 0 atom stereocenters. The lowest BCUT2D eigenvalue weighted by molar-refractivity contribution is -0.117. The quantitative estimate of drug-likeness (QED) is 0.923. The fourth-order valence-corrected chi connectivity index (χ4v) is 1.98. The van der Waals surface area contributed by atoms with Gasteiger partial charge in [0, 0.05) is 19.0 Å². The second kappa shape index (κ2) is 4.99. The van der Waals surface area contributed by atoms with Crippen LogP contribution in [0.5, 0.6) is 0 Å². The van der Waals surface area contributed by atoms with Crippen LogP contribution in [0.2, 0.25) is 0 Å². The molecule has 102 valence electrons. The first-order valence-corrected chi connectivity index (χ1v) is 6.53. The van der Waals surface area contributed by atoms with Gasteiger partial charge in [0.1, 0.15) is 5.82 Å². The lowest BCUT2D eigenvalue weighted by Crippen LogP contribution is -2.20. The van der Waals surface area contributed by atoms with Crippen LogP contribution in [-0.4, -0.2) is 20.5 Å².